The molecule has 32 heavy (non-hydrogen) atoms. The van der Waals surface area contributed by atoms with Gasteiger partial charge in [0.2, 0.25) is 0 Å². The maximum Gasteiger partial charge on any atom is 0.255 e. The van der Waals surface area contributed by atoms with Gasteiger partial charge < -0.3 is 10.6 Å². The Kier molecular flexibility index (Phi) is 7.21. The standard InChI is InChI=1S/C26H18I2N2O2/c27-21-5-1-3-19(15-21)25(31)29-23-11-7-17(8-12-23)18-9-13-24(14-10-18)30-26(32)20-4-2-6-22(28)16-20/h1-16H,(H,29,31)(H,30,32). The van der Waals surface area contributed by atoms with Gasteiger partial charge in [-0.2, -0.15) is 0 Å². The van der Waals surface area contributed by atoms with Crippen molar-refractivity contribution in [3.05, 3.63) is 115 Å². The summed E-state index contributed by atoms with van der Waals surface area (Å²) in [6.07, 6.45) is 0. The third-order valence-electron chi connectivity index (χ3n) is 4.79. The molecule has 158 valence electrons. The monoisotopic (exact) mass is 644 g/mol. The smallest absolute Gasteiger partial charge is 0.255 e. The van der Waals surface area contributed by atoms with Gasteiger partial charge >= 0.3 is 0 Å². The van der Waals surface area contributed by atoms with Crippen LogP contribution in [0.3, 0.4) is 0 Å². The van der Waals surface area contributed by atoms with E-state index in [1.807, 2.05) is 84.9 Å². The minimum atomic E-state index is -0.135. The number of anilines is 2. The van der Waals surface area contributed by atoms with Gasteiger partial charge in [-0.3, -0.25) is 9.59 Å². The van der Waals surface area contributed by atoms with Gasteiger partial charge in [-0.05, 0) is 117 Å². The first-order valence-corrected chi connectivity index (χ1v) is 12.0. The van der Waals surface area contributed by atoms with E-state index in [0.717, 1.165) is 29.6 Å². The summed E-state index contributed by atoms with van der Waals surface area (Å²) in [4.78, 5) is 24.8. The van der Waals surface area contributed by atoms with Gasteiger partial charge in [-0.15, -0.1) is 0 Å². The number of benzene rings is 4. The lowest BCUT2D eigenvalue weighted by Gasteiger charge is -2.09. The van der Waals surface area contributed by atoms with Crippen molar-refractivity contribution >= 4 is 68.4 Å². The zero-order chi connectivity index (χ0) is 22.5. The van der Waals surface area contributed by atoms with Crippen LogP contribution in [0.1, 0.15) is 20.7 Å². The molecule has 4 rings (SSSR count). The number of hydrogen-bond acceptors (Lipinski definition) is 2. The molecule has 0 bridgehead atoms. The lowest BCUT2D eigenvalue weighted by molar-refractivity contribution is 0.101. The van der Waals surface area contributed by atoms with Crippen molar-refractivity contribution in [3.63, 3.8) is 0 Å². The minimum Gasteiger partial charge on any atom is -0.322 e. The average molecular weight is 644 g/mol. The predicted molar refractivity (Wildman–Crippen MR) is 146 cm³/mol. The van der Waals surface area contributed by atoms with E-state index >= 15 is 0 Å². The zero-order valence-electron chi connectivity index (χ0n) is 16.8. The quantitative estimate of drug-likeness (QED) is 0.229. The lowest BCUT2D eigenvalue weighted by Crippen LogP contribution is -2.12. The maximum absolute atomic E-state index is 12.4. The molecule has 0 saturated carbocycles. The molecular weight excluding hydrogens is 626 g/mol. The fourth-order valence-electron chi connectivity index (χ4n) is 3.16. The number of amides is 2. The van der Waals surface area contributed by atoms with Gasteiger partial charge in [-0.25, -0.2) is 0 Å². The van der Waals surface area contributed by atoms with Gasteiger partial charge in [0.15, 0.2) is 0 Å². The van der Waals surface area contributed by atoms with Gasteiger partial charge in [-0.1, -0.05) is 36.4 Å². The van der Waals surface area contributed by atoms with Crippen LogP contribution in [0.2, 0.25) is 0 Å². The molecular formula is C26H18I2N2O2. The highest BCUT2D eigenvalue weighted by Crippen LogP contribution is 2.24. The number of carbonyl (C=O) groups excluding carboxylic acids is 2. The average Bonchev–Trinajstić information content (AvgIpc) is 2.80. The largest absolute Gasteiger partial charge is 0.322 e. The first-order valence-electron chi connectivity index (χ1n) is 9.82. The number of carbonyl (C=O) groups is 2. The Balaban J connectivity index is 1.41. The van der Waals surface area contributed by atoms with E-state index < -0.39 is 0 Å². The summed E-state index contributed by atoms with van der Waals surface area (Å²) in [5, 5.41) is 5.85. The molecule has 0 atom stereocenters. The number of rotatable bonds is 5. The van der Waals surface area contributed by atoms with E-state index in [1.165, 1.54) is 0 Å². The Hall–Kier alpha value is -2.72. The van der Waals surface area contributed by atoms with Crippen molar-refractivity contribution in [2.45, 2.75) is 0 Å². The Morgan fingerprint density at radius 2 is 0.906 bits per heavy atom. The molecule has 0 aliphatic carbocycles. The normalized spacial score (nSPS) is 10.4. The highest BCUT2D eigenvalue weighted by Gasteiger charge is 2.08. The van der Waals surface area contributed by atoms with E-state index in [-0.39, 0.29) is 11.8 Å². The molecule has 0 radical (unpaired) electrons. The summed E-state index contributed by atoms with van der Waals surface area (Å²) < 4.78 is 2.03. The van der Waals surface area contributed by atoms with Crippen LogP contribution in [0, 0.1) is 7.14 Å². The molecule has 2 N–H and O–H groups in total. The van der Waals surface area contributed by atoms with Crippen LogP contribution in [-0.2, 0) is 0 Å². The van der Waals surface area contributed by atoms with Crippen LogP contribution in [0.15, 0.2) is 97.1 Å². The number of halogens is 2. The highest BCUT2D eigenvalue weighted by atomic mass is 127. The third-order valence-corrected chi connectivity index (χ3v) is 6.13. The van der Waals surface area contributed by atoms with Crippen LogP contribution in [0.4, 0.5) is 11.4 Å². The van der Waals surface area contributed by atoms with Crippen LogP contribution in [0.5, 0.6) is 0 Å². The molecule has 4 aromatic rings. The fourth-order valence-corrected chi connectivity index (χ4v) is 4.24. The van der Waals surface area contributed by atoms with Crippen LogP contribution in [-0.4, -0.2) is 11.8 Å². The maximum atomic E-state index is 12.4. The third kappa shape index (κ3) is 5.74. The van der Waals surface area contributed by atoms with Crippen LogP contribution < -0.4 is 10.6 Å². The molecule has 0 aliphatic rings. The van der Waals surface area contributed by atoms with Gasteiger partial charge in [0.1, 0.15) is 0 Å². The predicted octanol–water partition coefficient (Wildman–Crippen LogP) is 7.07. The van der Waals surface area contributed by atoms with Crippen molar-refractivity contribution in [2.75, 3.05) is 10.6 Å². The van der Waals surface area contributed by atoms with Gasteiger partial charge in [0, 0.05) is 29.6 Å². The van der Waals surface area contributed by atoms with Gasteiger partial charge in [0.05, 0.1) is 0 Å². The van der Waals surface area contributed by atoms with Crippen molar-refractivity contribution in [3.8, 4) is 11.1 Å². The molecule has 4 aromatic carbocycles. The van der Waals surface area contributed by atoms with E-state index in [0.29, 0.717) is 11.1 Å². The molecule has 0 saturated heterocycles. The highest BCUT2D eigenvalue weighted by molar-refractivity contribution is 14.1. The summed E-state index contributed by atoms with van der Waals surface area (Å²) in [5.74, 6) is -0.270. The summed E-state index contributed by atoms with van der Waals surface area (Å²) in [7, 11) is 0. The zero-order valence-corrected chi connectivity index (χ0v) is 21.1. The Labute approximate surface area is 213 Å². The van der Waals surface area contributed by atoms with E-state index in [4.69, 9.17) is 0 Å². The lowest BCUT2D eigenvalue weighted by atomic mass is 10.0. The molecule has 0 aliphatic heterocycles. The topological polar surface area (TPSA) is 58.2 Å². The molecule has 4 nitrogen and oxygen atoms in total. The second-order valence-corrected chi connectivity index (χ2v) is 9.57. The summed E-state index contributed by atoms with van der Waals surface area (Å²) in [6, 6.07) is 30.3. The molecule has 0 heterocycles. The molecule has 0 unspecified atom stereocenters. The molecule has 0 fully saturated rings. The van der Waals surface area contributed by atoms with Crippen LogP contribution >= 0.6 is 45.2 Å². The fraction of sp³-hybridized carbons (Fsp3) is 0. The van der Waals surface area contributed by atoms with Gasteiger partial charge in [0.25, 0.3) is 11.8 Å². The SMILES string of the molecule is O=C(Nc1ccc(-c2ccc(NC(=O)c3cccc(I)c3)cc2)cc1)c1cccc(I)c1. The van der Waals surface area contributed by atoms with E-state index in [1.54, 1.807) is 12.1 Å². The Bertz CT molecular complexity index is 1170. The Morgan fingerprint density at radius 3 is 1.25 bits per heavy atom. The molecule has 2 amide bonds. The Morgan fingerprint density at radius 1 is 0.531 bits per heavy atom. The second-order valence-electron chi connectivity index (χ2n) is 7.08. The number of nitrogens with one attached hydrogen (secondary N) is 2. The van der Waals surface area contributed by atoms with E-state index in [2.05, 4.69) is 55.8 Å². The van der Waals surface area contributed by atoms with E-state index in [9.17, 15) is 9.59 Å². The minimum absolute atomic E-state index is 0.135. The first-order chi connectivity index (χ1) is 15.5. The summed E-state index contributed by atoms with van der Waals surface area (Å²) in [6.45, 7) is 0. The summed E-state index contributed by atoms with van der Waals surface area (Å²) >= 11 is 4.38. The van der Waals surface area contributed by atoms with Crippen molar-refractivity contribution in [1.82, 2.24) is 0 Å². The van der Waals surface area contributed by atoms with Crippen molar-refractivity contribution in [1.29, 1.82) is 0 Å². The van der Waals surface area contributed by atoms with Crippen LogP contribution in [0.25, 0.3) is 11.1 Å². The molecule has 6 heteroatoms. The second kappa shape index (κ2) is 10.3. The van der Waals surface area contributed by atoms with Crippen molar-refractivity contribution < 1.29 is 9.59 Å². The summed E-state index contributed by atoms with van der Waals surface area (Å²) in [5.41, 5.74) is 4.77. The molecule has 0 aromatic heterocycles. The first kappa shape index (κ1) is 22.5. The van der Waals surface area contributed by atoms with Crippen molar-refractivity contribution in [2.24, 2.45) is 0 Å². The molecule has 0 spiro atoms. The number of hydrogen-bond donors (Lipinski definition) is 2.